The van der Waals surface area contributed by atoms with Crippen LogP contribution in [0.4, 0.5) is 0 Å². The number of halogens is 1. The summed E-state index contributed by atoms with van der Waals surface area (Å²) < 4.78 is 2.48. The van der Waals surface area contributed by atoms with Gasteiger partial charge in [0.25, 0.3) is 0 Å². The minimum atomic E-state index is 0. The summed E-state index contributed by atoms with van der Waals surface area (Å²) >= 11 is 0. The molecule has 0 aliphatic rings. The summed E-state index contributed by atoms with van der Waals surface area (Å²) in [5, 5.41) is 8.75. The maximum Gasteiger partial charge on any atom is 0.181 e. The number of aryl methyl sites for hydroxylation is 2. The molecule has 1 aromatic heterocycles. The lowest BCUT2D eigenvalue weighted by Crippen LogP contribution is -3.00. The van der Waals surface area contributed by atoms with E-state index in [-0.39, 0.29) is 12.4 Å². The van der Waals surface area contributed by atoms with Crippen molar-refractivity contribution >= 4 is 0 Å². The molecule has 0 aliphatic heterocycles. The van der Waals surface area contributed by atoms with Gasteiger partial charge in [-0.05, 0) is 19.3 Å². The molecule has 152 valence electrons. The monoisotopic (exact) mass is 383 g/mol. The Bertz CT molecular complexity index is 411. The Kier molecular flexibility index (Phi) is 18.7. The van der Waals surface area contributed by atoms with Crippen molar-refractivity contribution in [2.24, 2.45) is 0 Å². The Hall–Kier alpha value is -0.600. The third-order valence-corrected chi connectivity index (χ3v) is 5.13. The first-order chi connectivity index (χ1) is 12.4. The van der Waals surface area contributed by atoms with E-state index in [2.05, 4.69) is 35.9 Å². The summed E-state index contributed by atoms with van der Waals surface area (Å²) in [6.45, 7) is 3.82. The number of rotatable bonds is 17. The molecule has 1 N–H and O–H groups in total. The van der Waals surface area contributed by atoms with Gasteiger partial charge in [-0.25, -0.2) is 4.57 Å². The molecule has 0 unspecified atom stereocenters. The number of unbranched alkanes of at least 4 members (excludes halogenated alkanes) is 12. The second kappa shape index (κ2) is 19.2. The summed E-state index contributed by atoms with van der Waals surface area (Å²) in [4.78, 5) is 0. The maximum atomic E-state index is 8.75. The van der Waals surface area contributed by atoms with Crippen LogP contribution in [0.15, 0.2) is 24.4 Å². The zero-order valence-electron chi connectivity index (χ0n) is 17.1. The molecule has 3 heteroatoms. The van der Waals surface area contributed by atoms with Gasteiger partial charge in [0.15, 0.2) is 11.9 Å². The van der Waals surface area contributed by atoms with Crippen LogP contribution in [0.1, 0.15) is 103 Å². The molecular weight excluding hydrogens is 342 g/mol. The van der Waals surface area contributed by atoms with Crippen LogP contribution in [-0.2, 0) is 13.0 Å². The van der Waals surface area contributed by atoms with E-state index < -0.39 is 0 Å². The van der Waals surface area contributed by atoms with Gasteiger partial charge in [0, 0.05) is 31.6 Å². The minimum Gasteiger partial charge on any atom is -1.00 e. The predicted octanol–water partition coefficient (Wildman–Crippen LogP) is 2.99. The normalized spacial score (nSPS) is 10.7. The molecule has 0 spiro atoms. The van der Waals surface area contributed by atoms with Crippen molar-refractivity contribution in [3.05, 3.63) is 30.1 Å². The molecule has 1 aromatic rings. The Morgan fingerprint density at radius 1 is 0.731 bits per heavy atom. The summed E-state index contributed by atoms with van der Waals surface area (Å²) in [7, 11) is 0. The molecule has 0 aromatic carbocycles. The van der Waals surface area contributed by atoms with E-state index in [1.807, 2.05) is 0 Å². The van der Waals surface area contributed by atoms with Gasteiger partial charge in [0.1, 0.15) is 6.54 Å². The van der Waals surface area contributed by atoms with Gasteiger partial charge in [-0.2, -0.15) is 0 Å². The fourth-order valence-corrected chi connectivity index (χ4v) is 3.50. The molecule has 2 nitrogen and oxygen atoms in total. The lowest BCUT2D eigenvalue weighted by Gasteiger charge is -2.05. The zero-order valence-corrected chi connectivity index (χ0v) is 17.9. The number of hydrogen-bond acceptors (Lipinski definition) is 1. The zero-order chi connectivity index (χ0) is 18.0. The second-order valence-corrected chi connectivity index (χ2v) is 7.46. The van der Waals surface area contributed by atoms with E-state index in [9.17, 15) is 0 Å². The van der Waals surface area contributed by atoms with Crippen LogP contribution in [0.5, 0.6) is 0 Å². The number of pyridine rings is 1. The summed E-state index contributed by atoms with van der Waals surface area (Å²) in [6, 6.07) is 6.67. The van der Waals surface area contributed by atoms with Gasteiger partial charge in [-0.15, -0.1) is 0 Å². The van der Waals surface area contributed by atoms with Gasteiger partial charge in [-0.3, -0.25) is 0 Å². The van der Waals surface area contributed by atoms with Crippen molar-refractivity contribution in [3.63, 3.8) is 0 Å². The van der Waals surface area contributed by atoms with Gasteiger partial charge >= 0.3 is 0 Å². The summed E-state index contributed by atoms with van der Waals surface area (Å²) in [5.41, 5.74) is 1.52. The fourth-order valence-electron chi connectivity index (χ4n) is 3.50. The molecule has 0 saturated carbocycles. The van der Waals surface area contributed by atoms with Crippen molar-refractivity contribution in [3.8, 4) is 0 Å². The van der Waals surface area contributed by atoms with Crippen molar-refractivity contribution in [2.45, 2.75) is 110 Å². The Morgan fingerprint density at radius 2 is 1.31 bits per heavy atom. The Morgan fingerprint density at radius 3 is 1.92 bits per heavy atom. The van der Waals surface area contributed by atoms with Crippen LogP contribution in [0.3, 0.4) is 0 Å². The molecule has 1 heterocycles. The van der Waals surface area contributed by atoms with E-state index in [1.54, 1.807) is 0 Å². The molecule has 0 bridgehead atoms. The lowest BCUT2D eigenvalue weighted by atomic mass is 10.1. The summed E-state index contributed by atoms with van der Waals surface area (Å²) in [5.74, 6) is 0. The molecule has 0 fully saturated rings. The highest BCUT2D eigenvalue weighted by atomic mass is 35.5. The Labute approximate surface area is 168 Å². The van der Waals surface area contributed by atoms with Gasteiger partial charge in [0.2, 0.25) is 0 Å². The smallest absolute Gasteiger partial charge is 0.181 e. The van der Waals surface area contributed by atoms with Gasteiger partial charge in [0.05, 0.1) is 0 Å². The molecule has 0 atom stereocenters. The quantitative estimate of drug-likeness (QED) is 0.324. The first-order valence-electron chi connectivity index (χ1n) is 11.0. The van der Waals surface area contributed by atoms with Crippen molar-refractivity contribution in [1.82, 2.24) is 0 Å². The highest BCUT2D eigenvalue weighted by Crippen LogP contribution is 2.11. The molecule has 1 rings (SSSR count). The first kappa shape index (κ1) is 25.4. The predicted molar refractivity (Wildman–Crippen MR) is 108 cm³/mol. The average Bonchev–Trinajstić information content (AvgIpc) is 2.64. The number of aliphatic hydroxyl groups excluding tert-OH is 1. The first-order valence-corrected chi connectivity index (χ1v) is 11.0. The third kappa shape index (κ3) is 13.6. The van der Waals surface area contributed by atoms with Crippen molar-refractivity contribution in [1.29, 1.82) is 0 Å². The van der Waals surface area contributed by atoms with Gasteiger partial charge < -0.3 is 17.5 Å². The number of aromatic nitrogens is 1. The third-order valence-electron chi connectivity index (χ3n) is 5.13. The van der Waals surface area contributed by atoms with Crippen LogP contribution in [0, 0.1) is 0 Å². The van der Waals surface area contributed by atoms with Crippen molar-refractivity contribution < 1.29 is 22.1 Å². The largest absolute Gasteiger partial charge is 1.00 e. The standard InChI is InChI=1S/C23H42NO.ClH/c1-2-3-4-13-18-23-19-14-16-21-24(23)20-15-11-9-7-5-6-8-10-12-17-22-25;/h14,16,19,21,25H,2-13,15,17-18,20,22H2,1H3;1H/q+1;/p-1. The maximum absolute atomic E-state index is 8.75. The van der Waals surface area contributed by atoms with Crippen molar-refractivity contribution in [2.75, 3.05) is 6.61 Å². The summed E-state index contributed by atoms with van der Waals surface area (Å²) in [6.07, 6.45) is 21.9. The molecule has 0 radical (unpaired) electrons. The van der Waals surface area contributed by atoms with E-state index in [0.717, 1.165) is 6.42 Å². The van der Waals surface area contributed by atoms with Crippen LogP contribution >= 0.6 is 0 Å². The van der Waals surface area contributed by atoms with Crippen LogP contribution in [-0.4, -0.2) is 11.7 Å². The fraction of sp³-hybridized carbons (Fsp3) is 0.783. The SMILES string of the molecule is CCCCCCc1cccc[n+]1CCCCCCCCCCCCO.[Cl-]. The molecule has 0 amide bonds. The highest BCUT2D eigenvalue weighted by Gasteiger charge is 2.08. The van der Waals surface area contributed by atoms with E-state index in [4.69, 9.17) is 5.11 Å². The van der Waals surface area contributed by atoms with E-state index >= 15 is 0 Å². The molecule has 0 aliphatic carbocycles. The lowest BCUT2D eigenvalue weighted by molar-refractivity contribution is -0.704. The molecule has 0 saturated heterocycles. The van der Waals surface area contributed by atoms with Crippen LogP contribution in [0.2, 0.25) is 0 Å². The van der Waals surface area contributed by atoms with Gasteiger partial charge in [-0.1, -0.05) is 77.2 Å². The topological polar surface area (TPSA) is 24.1 Å². The number of hydrogen-bond donors (Lipinski definition) is 1. The van der Waals surface area contributed by atoms with Crippen LogP contribution in [0.25, 0.3) is 0 Å². The second-order valence-electron chi connectivity index (χ2n) is 7.46. The van der Waals surface area contributed by atoms with Crippen LogP contribution < -0.4 is 17.0 Å². The molecular formula is C23H42ClNO. The molecule has 26 heavy (non-hydrogen) atoms. The number of aliphatic hydroxyl groups is 1. The number of nitrogens with zero attached hydrogens (tertiary/aromatic N) is 1. The highest BCUT2D eigenvalue weighted by molar-refractivity contribution is 4.97. The van der Waals surface area contributed by atoms with E-state index in [0.29, 0.717) is 6.61 Å². The minimum absolute atomic E-state index is 0. The Balaban J connectivity index is 0.00000625. The van der Waals surface area contributed by atoms with E-state index in [1.165, 1.54) is 102 Å². The average molecular weight is 384 g/mol.